The normalized spacial score (nSPS) is 19.3. The first kappa shape index (κ1) is 16.0. The molecule has 3 aromatic heterocycles. The number of imidazole rings is 1. The van der Waals surface area contributed by atoms with Gasteiger partial charge in [-0.3, -0.25) is 14.2 Å². The molecule has 4 heterocycles. The Morgan fingerprint density at radius 3 is 2.92 bits per heavy atom. The van der Waals surface area contributed by atoms with E-state index in [1.165, 1.54) is 39.4 Å². The summed E-state index contributed by atoms with van der Waals surface area (Å²) < 4.78 is 28.9. The Labute approximate surface area is 144 Å². The number of sulfonamides is 1. The van der Waals surface area contributed by atoms with Crippen molar-refractivity contribution in [2.45, 2.75) is 30.2 Å². The van der Waals surface area contributed by atoms with Gasteiger partial charge in [-0.1, -0.05) is 6.42 Å². The molecule has 0 spiro atoms. The van der Waals surface area contributed by atoms with Gasteiger partial charge in [-0.2, -0.15) is 4.31 Å². The standard InChI is InChI=1S/C16H17N5O3S/c22-15-10-13(19-16-18-7-9-20(15)16)14-5-1-2-8-21(14)25(23,24)12-4-3-6-17-11-12/h3-4,6-7,9-11,14H,1-2,5,8H2,(H,18,19). The van der Waals surface area contributed by atoms with Crippen LogP contribution in [0.5, 0.6) is 0 Å². The highest BCUT2D eigenvalue weighted by Crippen LogP contribution is 2.34. The van der Waals surface area contributed by atoms with Gasteiger partial charge in [0.2, 0.25) is 15.8 Å². The topological polar surface area (TPSA) is 100 Å². The number of H-pyrrole nitrogens is 1. The van der Waals surface area contributed by atoms with Crippen LogP contribution in [0.3, 0.4) is 0 Å². The van der Waals surface area contributed by atoms with Crippen LogP contribution in [0.4, 0.5) is 0 Å². The van der Waals surface area contributed by atoms with Crippen molar-refractivity contribution in [2.24, 2.45) is 0 Å². The van der Waals surface area contributed by atoms with Gasteiger partial charge in [0.15, 0.2) is 0 Å². The molecular formula is C16H17N5O3S. The summed E-state index contributed by atoms with van der Waals surface area (Å²) in [5.41, 5.74) is 0.335. The highest BCUT2D eigenvalue weighted by molar-refractivity contribution is 7.89. The fraction of sp³-hybridized carbons (Fsp3) is 0.312. The number of nitrogens with one attached hydrogen (secondary N) is 1. The molecule has 0 aromatic carbocycles. The van der Waals surface area contributed by atoms with Crippen LogP contribution < -0.4 is 5.56 Å². The first-order valence-electron chi connectivity index (χ1n) is 8.05. The summed E-state index contributed by atoms with van der Waals surface area (Å²) in [6.45, 7) is 0.406. The van der Waals surface area contributed by atoms with Gasteiger partial charge in [-0.15, -0.1) is 0 Å². The van der Waals surface area contributed by atoms with Gasteiger partial charge in [-0.05, 0) is 25.0 Å². The molecule has 1 fully saturated rings. The molecule has 1 N–H and O–H groups in total. The van der Waals surface area contributed by atoms with Crippen molar-refractivity contribution in [1.82, 2.24) is 23.7 Å². The van der Waals surface area contributed by atoms with Crippen molar-refractivity contribution in [3.63, 3.8) is 0 Å². The van der Waals surface area contributed by atoms with Crippen LogP contribution in [0.2, 0.25) is 0 Å². The Morgan fingerprint density at radius 2 is 2.12 bits per heavy atom. The summed E-state index contributed by atoms with van der Waals surface area (Å²) in [5, 5.41) is 0. The molecule has 8 nitrogen and oxygen atoms in total. The molecule has 0 bridgehead atoms. The molecule has 1 aliphatic heterocycles. The van der Waals surface area contributed by atoms with E-state index in [0.29, 0.717) is 24.4 Å². The third-order valence-electron chi connectivity index (χ3n) is 4.47. The fourth-order valence-corrected chi connectivity index (χ4v) is 4.90. The first-order valence-corrected chi connectivity index (χ1v) is 9.49. The first-order chi connectivity index (χ1) is 12.1. The van der Waals surface area contributed by atoms with Crippen molar-refractivity contribution < 1.29 is 8.42 Å². The lowest BCUT2D eigenvalue weighted by atomic mass is 10.0. The minimum absolute atomic E-state index is 0.158. The SMILES string of the molecule is O=c1cc(C2CCCCN2S(=O)(=O)c2cccnc2)[nH]c2nccn12. The van der Waals surface area contributed by atoms with Gasteiger partial charge >= 0.3 is 0 Å². The number of piperidine rings is 1. The van der Waals surface area contributed by atoms with Crippen molar-refractivity contribution in [3.8, 4) is 0 Å². The third kappa shape index (κ3) is 2.75. The van der Waals surface area contributed by atoms with Gasteiger partial charge < -0.3 is 4.98 Å². The predicted octanol–water partition coefficient (Wildman–Crippen LogP) is 1.33. The maximum atomic E-state index is 13.0. The Hall–Kier alpha value is -2.52. The fourth-order valence-electron chi connectivity index (χ4n) is 3.26. The van der Waals surface area contributed by atoms with Crippen LogP contribution >= 0.6 is 0 Å². The quantitative estimate of drug-likeness (QED) is 0.760. The molecular weight excluding hydrogens is 342 g/mol. The average Bonchev–Trinajstić information content (AvgIpc) is 3.12. The van der Waals surface area contributed by atoms with Crippen LogP contribution in [0, 0.1) is 0 Å². The molecule has 9 heteroatoms. The van der Waals surface area contributed by atoms with E-state index in [2.05, 4.69) is 15.0 Å². The van der Waals surface area contributed by atoms with Crippen LogP contribution in [0.1, 0.15) is 31.0 Å². The monoisotopic (exact) mass is 359 g/mol. The van der Waals surface area contributed by atoms with E-state index in [9.17, 15) is 13.2 Å². The minimum Gasteiger partial charge on any atom is -0.327 e. The Balaban J connectivity index is 1.80. The molecule has 0 radical (unpaired) electrons. The molecule has 1 aliphatic rings. The van der Waals surface area contributed by atoms with Gasteiger partial charge in [0.25, 0.3) is 5.56 Å². The van der Waals surface area contributed by atoms with Crippen molar-refractivity contribution in [1.29, 1.82) is 0 Å². The summed E-state index contributed by atoms with van der Waals surface area (Å²) in [5.74, 6) is 0.409. The smallest absolute Gasteiger partial charge is 0.259 e. The van der Waals surface area contributed by atoms with Crippen LogP contribution in [0.15, 0.2) is 52.7 Å². The van der Waals surface area contributed by atoms with Crippen molar-refractivity contribution in [3.05, 3.63) is 59.0 Å². The third-order valence-corrected chi connectivity index (χ3v) is 6.36. The summed E-state index contributed by atoms with van der Waals surface area (Å²) in [4.78, 5) is 23.5. The molecule has 25 heavy (non-hydrogen) atoms. The molecule has 0 saturated carbocycles. The minimum atomic E-state index is -3.69. The van der Waals surface area contributed by atoms with Gasteiger partial charge in [0.1, 0.15) is 4.90 Å². The molecule has 1 atom stereocenters. The Kier molecular flexibility index (Phi) is 3.89. The lowest BCUT2D eigenvalue weighted by Crippen LogP contribution is -2.39. The molecule has 1 saturated heterocycles. The summed E-state index contributed by atoms with van der Waals surface area (Å²) in [6, 6.07) is 4.17. The second-order valence-corrected chi connectivity index (χ2v) is 7.89. The van der Waals surface area contributed by atoms with E-state index >= 15 is 0 Å². The number of aromatic nitrogens is 4. The Bertz CT molecular complexity index is 1060. The van der Waals surface area contributed by atoms with E-state index < -0.39 is 16.1 Å². The van der Waals surface area contributed by atoms with Crippen LogP contribution in [-0.2, 0) is 10.0 Å². The zero-order valence-electron chi connectivity index (χ0n) is 13.4. The number of hydrogen-bond acceptors (Lipinski definition) is 5. The number of hydrogen-bond donors (Lipinski definition) is 1. The van der Waals surface area contributed by atoms with Crippen molar-refractivity contribution in [2.75, 3.05) is 6.54 Å². The van der Waals surface area contributed by atoms with Crippen LogP contribution in [0.25, 0.3) is 5.78 Å². The van der Waals surface area contributed by atoms with E-state index in [1.807, 2.05) is 0 Å². The number of rotatable bonds is 3. The molecule has 0 aliphatic carbocycles. The number of fused-ring (bicyclic) bond motifs is 1. The molecule has 130 valence electrons. The highest BCUT2D eigenvalue weighted by atomic mass is 32.2. The molecule has 1 unspecified atom stereocenters. The number of nitrogens with zero attached hydrogens (tertiary/aromatic N) is 4. The van der Waals surface area contributed by atoms with E-state index in [4.69, 9.17) is 0 Å². The van der Waals surface area contributed by atoms with Gasteiger partial charge in [0, 0.05) is 43.1 Å². The number of aromatic amines is 1. The van der Waals surface area contributed by atoms with Gasteiger partial charge in [-0.25, -0.2) is 13.4 Å². The second kappa shape index (κ2) is 6.08. The summed E-state index contributed by atoms with van der Waals surface area (Å²) >= 11 is 0. The molecule has 3 aromatic rings. The van der Waals surface area contributed by atoms with Gasteiger partial charge in [0.05, 0.1) is 6.04 Å². The van der Waals surface area contributed by atoms with Crippen molar-refractivity contribution >= 4 is 15.8 Å². The lowest BCUT2D eigenvalue weighted by Gasteiger charge is -2.34. The molecule has 0 amide bonds. The zero-order chi connectivity index (χ0) is 17.4. The maximum Gasteiger partial charge on any atom is 0.259 e. The number of pyridine rings is 1. The Morgan fingerprint density at radius 1 is 1.24 bits per heavy atom. The summed E-state index contributed by atoms with van der Waals surface area (Å²) in [6.07, 6.45) is 8.31. The highest BCUT2D eigenvalue weighted by Gasteiger charge is 2.35. The maximum absolute atomic E-state index is 13.0. The lowest BCUT2D eigenvalue weighted by molar-refractivity contribution is 0.251. The summed E-state index contributed by atoms with van der Waals surface area (Å²) in [7, 11) is -3.69. The zero-order valence-corrected chi connectivity index (χ0v) is 14.2. The predicted molar refractivity (Wildman–Crippen MR) is 90.5 cm³/mol. The average molecular weight is 359 g/mol. The van der Waals surface area contributed by atoms with Crippen LogP contribution in [-0.4, -0.2) is 38.6 Å². The van der Waals surface area contributed by atoms with E-state index in [-0.39, 0.29) is 10.5 Å². The second-order valence-electron chi connectivity index (χ2n) is 6.00. The molecule has 4 rings (SSSR count). The largest absolute Gasteiger partial charge is 0.327 e. The van der Waals surface area contributed by atoms with E-state index in [0.717, 1.165) is 12.8 Å². The van der Waals surface area contributed by atoms with E-state index in [1.54, 1.807) is 12.3 Å².